The number of likely N-dealkylation sites (N-methyl/N-ethyl adjacent to an activating group) is 1. The molecule has 0 unspecified atom stereocenters. The Morgan fingerprint density at radius 3 is 2.35 bits per heavy atom. The van der Waals surface area contributed by atoms with Gasteiger partial charge in [0.15, 0.2) is 0 Å². The predicted molar refractivity (Wildman–Crippen MR) is 74.6 cm³/mol. The summed E-state index contributed by atoms with van der Waals surface area (Å²) in [4.78, 5) is 26.4. The van der Waals surface area contributed by atoms with Crippen molar-refractivity contribution in [3.63, 3.8) is 0 Å². The molecule has 0 bridgehead atoms. The van der Waals surface area contributed by atoms with E-state index in [1.165, 1.54) is 0 Å². The van der Waals surface area contributed by atoms with E-state index in [1.54, 1.807) is 0 Å². The minimum absolute atomic E-state index is 0.121. The van der Waals surface area contributed by atoms with E-state index in [4.69, 9.17) is 9.84 Å². The number of piperazine rings is 1. The van der Waals surface area contributed by atoms with E-state index in [0.29, 0.717) is 6.54 Å². The van der Waals surface area contributed by atoms with Crippen molar-refractivity contribution in [2.24, 2.45) is 0 Å². The maximum atomic E-state index is 11.6. The first kappa shape index (κ1) is 16.9. The summed E-state index contributed by atoms with van der Waals surface area (Å²) in [5.41, 5.74) is -0.121. The van der Waals surface area contributed by atoms with Crippen molar-refractivity contribution in [1.29, 1.82) is 0 Å². The Labute approximate surface area is 119 Å². The minimum Gasteiger partial charge on any atom is -0.480 e. The van der Waals surface area contributed by atoms with Crippen LogP contribution in [0.5, 0.6) is 0 Å². The summed E-state index contributed by atoms with van der Waals surface area (Å²) in [6, 6.07) is 0. The minimum atomic E-state index is -1.07. The monoisotopic (exact) mass is 287 g/mol. The molecule has 0 aromatic rings. The van der Waals surface area contributed by atoms with Gasteiger partial charge in [-0.1, -0.05) is 0 Å². The van der Waals surface area contributed by atoms with Gasteiger partial charge < -0.3 is 20.1 Å². The fourth-order valence-corrected chi connectivity index (χ4v) is 2.12. The first-order valence-electron chi connectivity index (χ1n) is 6.81. The van der Waals surface area contributed by atoms with Crippen molar-refractivity contribution >= 4 is 11.9 Å². The summed E-state index contributed by atoms with van der Waals surface area (Å²) in [5.74, 6) is -1.36. The number of amides is 1. The highest BCUT2D eigenvalue weighted by Gasteiger charge is 2.29. The summed E-state index contributed by atoms with van der Waals surface area (Å²) < 4.78 is 4.75. The van der Waals surface area contributed by atoms with Gasteiger partial charge in [0.05, 0.1) is 0 Å². The first-order chi connectivity index (χ1) is 9.31. The Kier molecular flexibility index (Phi) is 6.38. The van der Waals surface area contributed by atoms with Crippen molar-refractivity contribution in [2.75, 3.05) is 53.0 Å². The number of carboxylic acid groups (broad SMARTS) is 1. The van der Waals surface area contributed by atoms with Crippen molar-refractivity contribution in [2.45, 2.75) is 19.4 Å². The second-order valence-electron chi connectivity index (χ2n) is 5.77. The summed E-state index contributed by atoms with van der Waals surface area (Å²) in [6.07, 6.45) is 0. The molecule has 116 valence electrons. The number of carbonyl (C=O) groups excluding carboxylic acids is 1. The summed E-state index contributed by atoms with van der Waals surface area (Å²) >= 11 is 0. The average Bonchev–Trinajstić information content (AvgIpc) is 2.36. The fraction of sp³-hybridized carbons (Fsp3) is 0.846. The van der Waals surface area contributed by atoms with E-state index >= 15 is 0 Å². The van der Waals surface area contributed by atoms with Crippen LogP contribution in [-0.4, -0.2) is 85.3 Å². The molecule has 1 rings (SSSR count). The number of carbonyl (C=O) groups is 2. The molecule has 1 aliphatic rings. The summed E-state index contributed by atoms with van der Waals surface area (Å²) in [6.45, 7) is 8.06. The van der Waals surface area contributed by atoms with Crippen LogP contribution < -0.4 is 5.32 Å². The molecule has 0 aromatic carbocycles. The Morgan fingerprint density at radius 1 is 1.20 bits per heavy atom. The summed E-state index contributed by atoms with van der Waals surface area (Å²) in [7, 11) is 2.10. The van der Waals surface area contributed by atoms with Crippen molar-refractivity contribution in [3.05, 3.63) is 0 Å². The maximum Gasteiger partial charge on any atom is 0.329 e. The second-order valence-corrected chi connectivity index (χ2v) is 5.77. The van der Waals surface area contributed by atoms with Gasteiger partial charge in [0.25, 0.3) is 0 Å². The normalized spacial score (nSPS) is 17.9. The highest BCUT2D eigenvalue weighted by atomic mass is 16.5. The molecular weight excluding hydrogens is 262 g/mol. The molecule has 0 aromatic heterocycles. The molecule has 7 nitrogen and oxygen atoms in total. The number of hydrogen-bond donors (Lipinski definition) is 2. The van der Waals surface area contributed by atoms with E-state index in [1.807, 2.05) is 0 Å². The molecule has 1 heterocycles. The zero-order valence-corrected chi connectivity index (χ0v) is 12.5. The lowest BCUT2D eigenvalue weighted by molar-refractivity contribution is -0.143. The van der Waals surface area contributed by atoms with Crippen LogP contribution in [0.4, 0.5) is 0 Å². The van der Waals surface area contributed by atoms with Gasteiger partial charge in [-0.3, -0.25) is 9.69 Å². The van der Waals surface area contributed by atoms with Crippen molar-refractivity contribution < 1.29 is 19.4 Å². The lowest BCUT2D eigenvalue weighted by Crippen LogP contribution is -2.58. The number of ether oxygens (including phenoxy) is 1. The van der Waals surface area contributed by atoms with Crippen LogP contribution in [0.3, 0.4) is 0 Å². The zero-order chi connectivity index (χ0) is 15.2. The molecule has 1 aliphatic heterocycles. The van der Waals surface area contributed by atoms with Crippen LogP contribution >= 0.6 is 0 Å². The van der Waals surface area contributed by atoms with Crippen molar-refractivity contribution in [3.8, 4) is 0 Å². The van der Waals surface area contributed by atoms with Gasteiger partial charge in [-0.15, -0.1) is 0 Å². The molecule has 0 saturated carbocycles. The number of rotatable bonds is 7. The lowest BCUT2D eigenvalue weighted by Gasteiger charge is -2.43. The average molecular weight is 287 g/mol. The standard InChI is InChI=1S/C13H25N3O4/c1-13(2,16-6-4-15(3)5-7-16)10-14-11(17)8-20-9-12(18)19/h4-10H2,1-3H3,(H,14,17)(H,18,19). The second kappa shape index (κ2) is 7.56. The number of hydrogen-bond acceptors (Lipinski definition) is 5. The highest BCUT2D eigenvalue weighted by molar-refractivity contribution is 5.77. The third-order valence-corrected chi connectivity index (χ3v) is 3.54. The van der Waals surface area contributed by atoms with Crippen LogP contribution in [0.1, 0.15) is 13.8 Å². The molecule has 1 saturated heterocycles. The molecule has 0 atom stereocenters. The van der Waals surface area contributed by atoms with Gasteiger partial charge in [-0.25, -0.2) is 4.79 Å². The van der Waals surface area contributed by atoms with E-state index in [2.05, 4.69) is 36.0 Å². The maximum absolute atomic E-state index is 11.6. The van der Waals surface area contributed by atoms with Crippen LogP contribution in [0.2, 0.25) is 0 Å². The van der Waals surface area contributed by atoms with Gasteiger partial charge in [-0.2, -0.15) is 0 Å². The number of aliphatic carboxylic acids is 1. The van der Waals surface area contributed by atoms with Gasteiger partial charge in [0.1, 0.15) is 13.2 Å². The number of nitrogens with zero attached hydrogens (tertiary/aromatic N) is 2. The van der Waals surface area contributed by atoms with E-state index in [-0.39, 0.29) is 18.1 Å². The van der Waals surface area contributed by atoms with Crippen LogP contribution in [-0.2, 0) is 14.3 Å². The lowest BCUT2D eigenvalue weighted by atomic mass is 10.0. The molecule has 0 radical (unpaired) electrons. The molecule has 1 fully saturated rings. The van der Waals surface area contributed by atoms with Gasteiger partial charge >= 0.3 is 5.97 Å². The zero-order valence-electron chi connectivity index (χ0n) is 12.5. The first-order valence-corrected chi connectivity index (χ1v) is 6.81. The largest absolute Gasteiger partial charge is 0.480 e. The highest BCUT2D eigenvalue weighted by Crippen LogP contribution is 2.15. The van der Waals surface area contributed by atoms with Gasteiger partial charge in [0.2, 0.25) is 5.91 Å². The smallest absolute Gasteiger partial charge is 0.329 e. The van der Waals surface area contributed by atoms with Crippen LogP contribution in [0.25, 0.3) is 0 Å². The fourth-order valence-electron chi connectivity index (χ4n) is 2.12. The quantitative estimate of drug-likeness (QED) is 0.640. The van der Waals surface area contributed by atoms with E-state index < -0.39 is 12.6 Å². The van der Waals surface area contributed by atoms with E-state index in [9.17, 15) is 9.59 Å². The molecule has 1 amide bonds. The third kappa shape index (κ3) is 5.85. The van der Waals surface area contributed by atoms with E-state index in [0.717, 1.165) is 26.2 Å². The molecule has 0 spiro atoms. The molecule has 7 heteroatoms. The number of carboxylic acids is 1. The number of nitrogens with one attached hydrogen (secondary N) is 1. The van der Waals surface area contributed by atoms with Crippen LogP contribution in [0, 0.1) is 0 Å². The predicted octanol–water partition coefficient (Wildman–Crippen LogP) is -0.770. The van der Waals surface area contributed by atoms with Crippen LogP contribution in [0.15, 0.2) is 0 Å². The Hall–Kier alpha value is -1.18. The van der Waals surface area contributed by atoms with Gasteiger partial charge in [0, 0.05) is 38.3 Å². The SMILES string of the molecule is CN1CCN(C(C)(C)CNC(=O)COCC(=O)O)CC1. The third-order valence-electron chi connectivity index (χ3n) is 3.54. The topological polar surface area (TPSA) is 82.1 Å². The Bertz CT molecular complexity index is 339. The Morgan fingerprint density at radius 2 is 1.80 bits per heavy atom. The summed E-state index contributed by atoms with van der Waals surface area (Å²) in [5, 5.41) is 11.2. The Balaban J connectivity index is 2.28. The molecule has 2 N–H and O–H groups in total. The molecule has 0 aliphatic carbocycles. The van der Waals surface area contributed by atoms with Gasteiger partial charge in [-0.05, 0) is 20.9 Å². The molecular formula is C13H25N3O4. The molecule has 20 heavy (non-hydrogen) atoms. The van der Waals surface area contributed by atoms with Crippen molar-refractivity contribution in [1.82, 2.24) is 15.1 Å².